The molecule has 202 valence electrons. The molecular formula is C30H35N7O2. The van der Waals surface area contributed by atoms with Crippen LogP contribution in [0, 0.1) is 0 Å². The van der Waals surface area contributed by atoms with E-state index >= 15 is 0 Å². The van der Waals surface area contributed by atoms with E-state index in [1.807, 2.05) is 60.9 Å². The van der Waals surface area contributed by atoms with Gasteiger partial charge in [0.25, 0.3) is 0 Å². The number of ether oxygens (including phenoxy) is 1. The predicted molar refractivity (Wildman–Crippen MR) is 152 cm³/mol. The second-order valence-electron chi connectivity index (χ2n) is 10.7. The minimum atomic E-state index is -0.473. The van der Waals surface area contributed by atoms with Crippen molar-refractivity contribution >= 4 is 17.7 Å². The number of piperidine rings is 1. The Kier molecular flexibility index (Phi) is 7.58. The number of benzene rings is 1. The smallest absolute Gasteiger partial charge is 0.410 e. The van der Waals surface area contributed by atoms with Crippen molar-refractivity contribution in [3.8, 4) is 22.5 Å². The molecule has 0 unspecified atom stereocenters. The maximum Gasteiger partial charge on any atom is 0.410 e. The molecule has 3 aromatic heterocycles. The van der Waals surface area contributed by atoms with Gasteiger partial charge < -0.3 is 15.0 Å². The third-order valence-corrected chi connectivity index (χ3v) is 6.74. The lowest BCUT2D eigenvalue weighted by molar-refractivity contribution is 0.0205. The molecule has 1 amide bonds. The van der Waals surface area contributed by atoms with Crippen LogP contribution in [-0.4, -0.2) is 54.4 Å². The lowest BCUT2D eigenvalue weighted by atomic mass is 9.89. The number of anilines is 2. The summed E-state index contributed by atoms with van der Waals surface area (Å²) in [6, 6.07) is 14.2. The van der Waals surface area contributed by atoms with Gasteiger partial charge in [-0.05, 0) is 82.3 Å². The van der Waals surface area contributed by atoms with E-state index in [-0.39, 0.29) is 6.09 Å². The Bertz CT molecular complexity index is 1400. The van der Waals surface area contributed by atoms with Crippen LogP contribution in [0.4, 0.5) is 16.4 Å². The lowest BCUT2D eigenvalue weighted by Crippen LogP contribution is -2.41. The molecule has 0 spiro atoms. The number of aromatic nitrogens is 5. The summed E-state index contributed by atoms with van der Waals surface area (Å²) in [6.45, 7) is 9.92. The summed E-state index contributed by atoms with van der Waals surface area (Å²) in [5.74, 6) is 0.936. The van der Waals surface area contributed by atoms with Crippen LogP contribution in [0.15, 0.2) is 67.3 Å². The van der Waals surface area contributed by atoms with Crippen molar-refractivity contribution < 1.29 is 9.53 Å². The summed E-state index contributed by atoms with van der Waals surface area (Å²) in [6.07, 6.45) is 8.95. The average molecular weight is 526 g/mol. The Balaban J connectivity index is 1.25. The van der Waals surface area contributed by atoms with Crippen molar-refractivity contribution in [2.24, 2.45) is 0 Å². The summed E-state index contributed by atoms with van der Waals surface area (Å²) in [7, 11) is 0. The molecule has 0 bridgehead atoms. The molecule has 1 aliphatic rings. The van der Waals surface area contributed by atoms with Crippen LogP contribution < -0.4 is 5.32 Å². The van der Waals surface area contributed by atoms with Gasteiger partial charge in [0.2, 0.25) is 5.95 Å². The number of nitrogens with zero attached hydrogens (tertiary/aromatic N) is 6. The van der Waals surface area contributed by atoms with E-state index in [1.165, 1.54) is 5.56 Å². The molecular weight excluding hydrogens is 490 g/mol. The van der Waals surface area contributed by atoms with E-state index in [1.54, 1.807) is 12.4 Å². The first-order chi connectivity index (χ1) is 18.8. The summed E-state index contributed by atoms with van der Waals surface area (Å²) in [4.78, 5) is 27.7. The summed E-state index contributed by atoms with van der Waals surface area (Å²) in [5.41, 5.74) is 5.23. The van der Waals surface area contributed by atoms with Crippen LogP contribution >= 0.6 is 0 Å². The Labute approximate surface area is 229 Å². The highest BCUT2D eigenvalue weighted by molar-refractivity contribution is 5.78. The number of amides is 1. The van der Waals surface area contributed by atoms with Crippen LogP contribution in [-0.2, 0) is 11.3 Å². The standard InChI is InChI=1S/C30H35N7O2/c1-5-37-20-25(27(35-37)23-7-6-15-31-19-23)26-12-16-32-28(34-26)33-24-10-8-21(9-11-24)22-13-17-36(18-14-22)29(38)39-30(2,3)4/h6-12,15-16,19-20,22H,5,13-14,17-18H2,1-4H3,(H,32,33,34). The SMILES string of the molecule is CCn1cc(-c2ccnc(Nc3ccc(C4CCN(C(=O)OC(C)(C)C)CC4)cc3)n2)c(-c2cccnc2)n1. The number of rotatable bonds is 6. The zero-order chi connectivity index (χ0) is 27.4. The minimum absolute atomic E-state index is 0.225. The molecule has 0 radical (unpaired) electrons. The van der Waals surface area contributed by atoms with Gasteiger partial charge in [-0.3, -0.25) is 9.67 Å². The Morgan fingerprint density at radius 1 is 1.08 bits per heavy atom. The number of carbonyl (C=O) groups is 1. The third kappa shape index (κ3) is 6.42. The summed E-state index contributed by atoms with van der Waals surface area (Å²) < 4.78 is 7.43. The summed E-state index contributed by atoms with van der Waals surface area (Å²) in [5, 5.41) is 8.08. The van der Waals surface area contributed by atoms with Gasteiger partial charge in [-0.2, -0.15) is 5.10 Å². The fourth-order valence-corrected chi connectivity index (χ4v) is 4.75. The highest BCUT2D eigenvalue weighted by Crippen LogP contribution is 2.32. The van der Waals surface area contributed by atoms with Crippen LogP contribution in [0.3, 0.4) is 0 Å². The van der Waals surface area contributed by atoms with Crippen molar-refractivity contribution in [3.63, 3.8) is 0 Å². The van der Waals surface area contributed by atoms with Crippen LogP contribution in [0.5, 0.6) is 0 Å². The highest BCUT2D eigenvalue weighted by atomic mass is 16.6. The molecule has 39 heavy (non-hydrogen) atoms. The molecule has 5 rings (SSSR count). The second-order valence-corrected chi connectivity index (χ2v) is 10.7. The molecule has 4 heterocycles. The van der Waals surface area contributed by atoms with Crippen molar-refractivity contribution in [3.05, 3.63) is 72.8 Å². The number of aryl methyl sites for hydroxylation is 1. The fraction of sp³-hybridized carbons (Fsp3) is 0.367. The Morgan fingerprint density at radius 2 is 1.85 bits per heavy atom. The van der Waals surface area contributed by atoms with Gasteiger partial charge in [0.05, 0.1) is 5.69 Å². The number of carbonyl (C=O) groups excluding carboxylic acids is 1. The monoisotopic (exact) mass is 525 g/mol. The largest absolute Gasteiger partial charge is 0.444 e. The molecule has 1 N–H and O–H groups in total. The molecule has 1 saturated heterocycles. The normalized spacial score (nSPS) is 14.3. The average Bonchev–Trinajstić information content (AvgIpc) is 3.38. The van der Waals surface area contributed by atoms with E-state index in [2.05, 4.69) is 46.5 Å². The van der Waals surface area contributed by atoms with Crippen LogP contribution in [0.2, 0.25) is 0 Å². The third-order valence-electron chi connectivity index (χ3n) is 6.74. The molecule has 0 aliphatic carbocycles. The first kappa shape index (κ1) is 26.3. The molecule has 1 aromatic carbocycles. The lowest BCUT2D eigenvalue weighted by Gasteiger charge is -2.33. The van der Waals surface area contributed by atoms with Crippen LogP contribution in [0.25, 0.3) is 22.5 Å². The first-order valence-electron chi connectivity index (χ1n) is 13.5. The van der Waals surface area contributed by atoms with E-state index in [9.17, 15) is 4.79 Å². The molecule has 9 heteroatoms. The number of hydrogen-bond acceptors (Lipinski definition) is 7. The zero-order valence-electron chi connectivity index (χ0n) is 23.0. The van der Waals surface area contributed by atoms with Gasteiger partial charge in [-0.25, -0.2) is 14.8 Å². The van der Waals surface area contributed by atoms with Crippen LogP contribution in [0.1, 0.15) is 52.0 Å². The molecule has 9 nitrogen and oxygen atoms in total. The van der Waals surface area contributed by atoms with E-state index in [4.69, 9.17) is 14.8 Å². The van der Waals surface area contributed by atoms with Gasteiger partial charge in [0.1, 0.15) is 11.3 Å². The number of nitrogens with one attached hydrogen (secondary N) is 1. The van der Waals surface area contributed by atoms with E-state index < -0.39 is 5.60 Å². The zero-order valence-corrected chi connectivity index (χ0v) is 23.0. The van der Waals surface area contributed by atoms with Crippen molar-refractivity contribution in [1.29, 1.82) is 0 Å². The predicted octanol–water partition coefficient (Wildman–Crippen LogP) is 6.28. The highest BCUT2D eigenvalue weighted by Gasteiger charge is 2.27. The maximum absolute atomic E-state index is 12.4. The molecule has 1 aliphatic heterocycles. The Morgan fingerprint density at radius 3 is 2.51 bits per heavy atom. The molecule has 4 aromatic rings. The molecule has 0 saturated carbocycles. The van der Waals surface area contributed by atoms with Crippen molar-refractivity contribution in [2.75, 3.05) is 18.4 Å². The first-order valence-corrected chi connectivity index (χ1v) is 13.5. The van der Waals surface area contributed by atoms with Crippen molar-refractivity contribution in [1.82, 2.24) is 29.6 Å². The number of hydrogen-bond donors (Lipinski definition) is 1. The maximum atomic E-state index is 12.4. The second kappa shape index (κ2) is 11.2. The van der Waals surface area contributed by atoms with Gasteiger partial charge in [0, 0.05) is 61.2 Å². The summed E-state index contributed by atoms with van der Waals surface area (Å²) >= 11 is 0. The number of likely N-dealkylation sites (tertiary alicyclic amines) is 1. The Hall–Kier alpha value is -4.27. The van der Waals surface area contributed by atoms with E-state index in [0.717, 1.165) is 47.6 Å². The fourth-order valence-electron chi connectivity index (χ4n) is 4.75. The molecule has 0 atom stereocenters. The van der Waals surface area contributed by atoms with Gasteiger partial charge in [-0.1, -0.05) is 12.1 Å². The van der Waals surface area contributed by atoms with Gasteiger partial charge in [-0.15, -0.1) is 0 Å². The quantitative estimate of drug-likeness (QED) is 0.316. The van der Waals surface area contributed by atoms with Crippen molar-refractivity contribution in [2.45, 2.75) is 58.6 Å². The van der Waals surface area contributed by atoms with Gasteiger partial charge >= 0.3 is 6.09 Å². The molecule has 1 fully saturated rings. The van der Waals surface area contributed by atoms with E-state index in [0.29, 0.717) is 25.0 Å². The van der Waals surface area contributed by atoms with Gasteiger partial charge in [0.15, 0.2) is 0 Å². The topological polar surface area (TPSA) is 98.1 Å². The minimum Gasteiger partial charge on any atom is -0.444 e. The number of pyridine rings is 1.